The highest BCUT2D eigenvalue weighted by atomic mass is 19.4. The Labute approximate surface area is 155 Å². The summed E-state index contributed by atoms with van der Waals surface area (Å²) < 4.78 is 41.4. The third-order valence-corrected chi connectivity index (χ3v) is 4.27. The fraction of sp³-hybridized carbons (Fsp3) is 0.444. The van der Waals surface area contributed by atoms with Gasteiger partial charge in [-0.05, 0) is 36.1 Å². The maximum absolute atomic E-state index is 12.5. The lowest BCUT2D eigenvalue weighted by Crippen LogP contribution is -2.31. The molecule has 0 unspecified atom stereocenters. The number of aryl methyl sites for hydroxylation is 1. The fourth-order valence-corrected chi connectivity index (χ4v) is 3.00. The summed E-state index contributed by atoms with van der Waals surface area (Å²) in [6.07, 6.45) is -3.29. The first-order chi connectivity index (χ1) is 12.9. The van der Waals surface area contributed by atoms with Crippen molar-refractivity contribution in [2.45, 2.75) is 32.7 Å². The summed E-state index contributed by atoms with van der Waals surface area (Å²) in [5.74, 6) is 0.916. The molecule has 0 radical (unpaired) electrons. The van der Waals surface area contributed by atoms with Crippen molar-refractivity contribution in [2.75, 3.05) is 29.9 Å². The number of aliphatic hydroxyl groups is 1. The maximum atomic E-state index is 12.5. The van der Waals surface area contributed by atoms with E-state index in [0.29, 0.717) is 37.8 Å². The van der Waals surface area contributed by atoms with Crippen molar-refractivity contribution in [3.05, 3.63) is 41.1 Å². The summed E-state index contributed by atoms with van der Waals surface area (Å²) >= 11 is 0. The van der Waals surface area contributed by atoms with Crippen molar-refractivity contribution in [1.29, 1.82) is 0 Å². The van der Waals surface area contributed by atoms with Crippen LogP contribution in [0.3, 0.4) is 0 Å². The van der Waals surface area contributed by atoms with E-state index in [0.717, 1.165) is 23.2 Å². The molecule has 2 heterocycles. The van der Waals surface area contributed by atoms with E-state index in [2.05, 4.69) is 20.0 Å². The third-order valence-electron chi connectivity index (χ3n) is 4.27. The van der Waals surface area contributed by atoms with E-state index in [-0.39, 0.29) is 12.4 Å². The molecule has 0 atom stereocenters. The van der Waals surface area contributed by atoms with Crippen LogP contribution in [0.1, 0.15) is 23.7 Å². The second-order valence-corrected chi connectivity index (χ2v) is 6.19. The average molecular weight is 382 g/mol. The zero-order valence-corrected chi connectivity index (χ0v) is 14.9. The lowest BCUT2D eigenvalue weighted by atomic mass is 9.99. The van der Waals surface area contributed by atoms with Gasteiger partial charge in [0.05, 0.1) is 6.61 Å². The standard InChI is InChI=1S/C18H21F3N4O2/c1-2-14-10-16(24-17(23-14)22-6-8-26)25-7-5-12-3-4-15(9-13(12)11-25)27-18(19,20)21/h3-4,9-10,26H,2,5-8,11H2,1H3,(H,22,23,24). The van der Waals surface area contributed by atoms with E-state index < -0.39 is 6.36 Å². The molecule has 146 valence electrons. The second kappa shape index (κ2) is 7.99. The molecule has 27 heavy (non-hydrogen) atoms. The SMILES string of the molecule is CCc1cc(N2CCc3ccc(OC(F)(F)F)cc3C2)nc(NCCO)n1. The van der Waals surface area contributed by atoms with Gasteiger partial charge < -0.3 is 20.1 Å². The largest absolute Gasteiger partial charge is 0.573 e. The van der Waals surface area contributed by atoms with Crippen molar-refractivity contribution in [3.8, 4) is 5.75 Å². The van der Waals surface area contributed by atoms with Crippen LogP contribution in [0, 0.1) is 0 Å². The molecular formula is C18H21F3N4O2. The van der Waals surface area contributed by atoms with E-state index in [4.69, 9.17) is 5.11 Å². The summed E-state index contributed by atoms with van der Waals surface area (Å²) in [7, 11) is 0. The van der Waals surface area contributed by atoms with Crippen LogP contribution in [0.5, 0.6) is 5.75 Å². The lowest BCUT2D eigenvalue weighted by Gasteiger charge is -2.30. The zero-order valence-electron chi connectivity index (χ0n) is 14.9. The van der Waals surface area contributed by atoms with E-state index in [1.165, 1.54) is 12.1 Å². The lowest BCUT2D eigenvalue weighted by molar-refractivity contribution is -0.274. The molecule has 2 aromatic rings. The Hall–Kier alpha value is -2.55. The van der Waals surface area contributed by atoms with Gasteiger partial charge in [-0.15, -0.1) is 13.2 Å². The summed E-state index contributed by atoms with van der Waals surface area (Å²) in [6, 6.07) is 6.34. The molecule has 0 fully saturated rings. The number of aliphatic hydroxyl groups excluding tert-OH is 1. The van der Waals surface area contributed by atoms with Gasteiger partial charge in [-0.25, -0.2) is 4.98 Å². The zero-order chi connectivity index (χ0) is 19.4. The summed E-state index contributed by atoms with van der Waals surface area (Å²) in [5.41, 5.74) is 2.63. The molecule has 1 aliphatic heterocycles. The fourth-order valence-electron chi connectivity index (χ4n) is 3.00. The van der Waals surface area contributed by atoms with Gasteiger partial charge in [0.15, 0.2) is 0 Å². The van der Waals surface area contributed by atoms with Crippen LogP contribution in [0.15, 0.2) is 24.3 Å². The molecule has 1 aromatic carbocycles. The molecule has 9 heteroatoms. The number of halogens is 3. The van der Waals surface area contributed by atoms with E-state index in [1.807, 2.05) is 17.9 Å². The van der Waals surface area contributed by atoms with Crippen LogP contribution < -0.4 is 15.0 Å². The molecule has 6 nitrogen and oxygen atoms in total. The van der Waals surface area contributed by atoms with Gasteiger partial charge in [0, 0.05) is 31.4 Å². The van der Waals surface area contributed by atoms with Crippen LogP contribution in [-0.4, -0.2) is 41.1 Å². The van der Waals surface area contributed by atoms with E-state index in [1.54, 1.807) is 6.07 Å². The van der Waals surface area contributed by atoms with Gasteiger partial charge in [-0.2, -0.15) is 4.98 Å². The summed E-state index contributed by atoms with van der Waals surface area (Å²) in [4.78, 5) is 10.9. The minimum Gasteiger partial charge on any atom is -0.406 e. The van der Waals surface area contributed by atoms with Gasteiger partial charge in [-0.1, -0.05) is 13.0 Å². The highest BCUT2D eigenvalue weighted by Crippen LogP contribution is 2.30. The topological polar surface area (TPSA) is 70.5 Å². The van der Waals surface area contributed by atoms with Crippen molar-refractivity contribution < 1.29 is 23.0 Å². The Kier molecular flexibility index (Phi) is 5.69. The molecule has 1 aromatic heterocycles. The Bertz CT molecular complexity index is 799. The monoisotopic (exact) mass is 382 g/mol. The molecular weight excluding hydrogens is 361 g/mol. The number of nitrogens with one attached hydrogen (secondary N) is 1. The summed E-state index contributed by atoms with van der Waals surface area (Å²) in [6.45, 7) is 3.42. The number of hydrogen-bond acceptors (Lipinski definition) is 6. The molecule has 0 saturated heterocycles. The van der Waals surface area contributed by atoms with Gasteiger partial charge in [-0.3, -0.25) is 0 Å². The average Bonchev–Trinajstić information content (AvgIpc) is 2.64. The van der Waals surface area contributed by atoms with Crippen LogP contribution in [0.4, 0.5) is 24.9 Å². The highest BCUT2D eigenvalue weighted by Gasteiger charge is 2.31. The molecule has 0 bridgehead atoms. The molecule has 0 amide bonds. The van der Waals surface area contributed by atoms with Gasteiger partial charge >= 0.3 is 6.36 Å². The second-order valence-electron chi connectivity index (χ2n) is 6.19. The van der Waals surface area contributed by atoms with Crippen LogP contribution in [-0.2, 0) is 19.4 Å². The van der Waals surface area contributed by atoms with Crippen LogP contribution in [0.25, 0.3) is 0 Å². The predicted octanol–water partition coefficient (Wildman–Crippen LogP) is 2.90. The number of nitrogens with zero attached hydrogens (tertiary/aromatic N) is 3. The normalized spacial score (nSPS) is 14.0. The molecule has 0 spiro atoms. The Morgan fingerprint density at radius 2 is 2.04 bits per heavy atom. The van der Waals surface area contributed by atoms with Crippen LogP contribution >= 0.6 is 0 Å². The summed E-state index contributed by atoms with van der Waals surface area (Å²) in [5, 5.41) is 11.9. The number of hydrogen-bond donors (Lipinski definition) is 2. The number of ether oxygens (including phenoxy) is 1. The van der Waals surface area contributed by atoms with Crippen molar-refractivity contribution >= 4 is 11.8 Å². The smallest absolute Gasteiger partial charge is 0.406 e. The number of alkyl halides is 3. The first-order valence-electron chi connectivity index (χ1n) is 8.73. The van der Waals surface area contributed by atoms with Gasteiger partial charge in [0.1, 0.15) is 11.6 Å². The number of benzene rings is 1. The van der Waals surface area contributed by atoms with E-state index in [9.17, 15) is 13.2 Å². The molecule has 3 rings (SSSR count). The first-order valence-corrected chi connectivity index (χ1v) is 8.73. The third kappa shape index (κ3) is 5.00. The minimum atomic E-state index is -4.71. The number of aromatic nitrogens is 2. The maximum Gasteiger partial charge on any atom is 0.573 e. The van der Waals surface area contributed by atoms with Gasteiger partial charge in [0.25, 0.3) is 0 Å². The quantitative estimate of drug-likeness (QED) is 0.801. The minimum absolute atomic E-state index is 0.0336. The van der Waals surface area contributed by atoms with Crippen molar-refractivity contribution in [3.63, 3.8) is 0 Å². The first kappa shape index (κ1) is 19.2. The molecule has 1 aliphatic rings. The van der Waals surface area contributed by atoms with Crippen molar-refractivity contribution in [2.24, 2.45) is 0 Å². The van der Waals surface area contributed by atoms with E-state index >= 15 is 0 Å². The van der Waals surface area contributed by atoms with Crippen molar-refractivity contribution in [1.82, 2.24) is 9.97 Å². The predicted molar refractivity (Wildman–Crippen MR) is 94.9 cm³/mol. The molecule has 0 aliphatic carbocycles. The molecule has 2 N–H and O–H groups in total. The van der Waals surface area contributed by atoms with Gasteiger partial charge in [0.2, 0.25) is 5.95 Å². The van der Waals surface area contributed by atoms with Crippen LogP contribution in [0.2, 0.25) is 0 Å². The Balaban J connectivity index is 1.83. The molecule has 0 saturated carbocycles. The number of anilines is 2. The number of fused-ring (bicyclic) bond motifs is 1. The number of rotatable bonds is 6. The Morgan fingerprint density at radius 3 is 2.74 bits per heavy atom. The highest BCUT2D eigenvalue weighted by molar-refractivity contribution is 5.49. The Morgan fingerprint density at radius 1 is 1.22 bits per heavy atom.